The third kappa shape index (κ3) is 2.74. The van der Waals surface area contributed by atoms with Gasteiger partial charge in [0.1, 0.15) is 17.9 Å². The van der Waals surface area contributed by atoms with Gasteiger partial charge < -0.3 is 14.6 Å². The van der Waals surface area contributed by atoms with Crippen LogP contribution in [0.5, 0.6) is 0 Å². The van der Waals surface area contributed by atoms with E-state index < -0.39 is 12.3 Å². The van der Waals surface area contributed by atoms with E-state index in [4.69, 9.17) is 0 Å². The first-order valence-corrected chi connectivity index (χ1v) is 9.98. The van der Waals surface area contributed by atoms with Crippen LogP contribution in [0.15, 0.2) is 30.7 Å². The number of pyridine rings is 2. The van der Waals surface area contributed by atoms with Crippen LogP contribution < -0.4 is 0 Å². The Morgan fingerprint density at radius 1 is 1.21 bits per heavy atom. The van der Waals surface area contributed by atoms with E-state index in [1.807, 2.05) is 18.3 Å². The maximum absolute atomic E-state index is 13.3. The minimum absolute atomic E-state index is 0.474. The Balaban J connectivity index is 1.65. The van der Waals surface area contributed by atoms with Crippen LogP contribution in [-0.4, -0.2) is 44.7 Å². The Bertz CT molecular complexity index is 1050. The summed E-state index contributed by atoms with van der Waals surface area (Å²) in [7, 11) is 2.14. The number of halogens is 1. The lowest BCUT2D eigenvalue weighted by Gasteiger charge is -2.26. The van der Waals surface area contributed by atoms with Crippen LogP contribution in [-0.2, 0) is 38.1 Å². The molecule has 5 nitrogen and oxygen atoms in total. The Morgan fingerprint density at radius 3 is 2.93 bits per heavy atom. The van der Waals surface area contributed by atoms with Gasteiger partial charge in [-0.25, -0.2) is 9.37 Å². The van der Waals surface area contributed by atoms with Crippen molar-refractivity contribution >= 4 is 11.0 Å². The number of hydrogen-bond acceptors (Lipinski definition) is 4. The second-order valence-corrected chi connectivity index (χ2v) is 8.23. The molecule has 0 bridgehead atoms. The van der Waals surface area contributed by atoms with E-state index in [9.17, 15) is 9.50 Å². The molecular formula is C22H25FN4O. The van der Waals surface area contributed by atoms with Crippen LogP contribution >= 0.6 is 0 Å². The van der Waals surface area contributed by atoms with Crippen LogP contribution in [0.4, 0.5) is 4.39 Å². The highest BCUT2D eigenvalue weighted by molar-refractivity contribution is 5.83. The molecule has 0 amide bonds. The first-order chi connectivity index (χ1) is 13.6. The SMILES string of the molecule is CN1CCc2c(n(CC3(O)CCc4cnccc43)c3ncc(CF)cc23)CC1. The standard InChI is InChI=1S/C22H25FN4O/c1-26-8-4-17-18-10-15(11-23)12-25-21(18)27(20(17)5-9-26)14-22(28)6-2-16-13-24-7-3-19(16)22/h3,7,10,12-13,28H,2,4-6,8-9,11,14H2,1H3. The predicted molar refractivity (Wildman–Crippen MR) is 106 cm³/mol. The molecule has 28 heavy (non-hydrogen) atoms. The second-order valence-electron chi connectivity index (χ2n) is 8.23. The molecule has 1 atom stereocenters. The summed E-state index contributed by atoms with van der Waals surface area (Å²) in [4.78, 5) is 11.2. The van der Waals surface area contributed by atoms with Crippen molar-refractivity contribution in [2.45, 2.75) is 44.5 Å². The molecule has 6 heteroatoms. The van der Waals surface area contributed by atoms with E-state index in [0.717, 1.165) is 54.5 Å². The number of aromatic nitrogens is 3. The molecule has 1 aliphatic carbocycles. The molecule has 3 aromatic rings. The highest BCUT2D eigenvalue weighted by Gasteiger charge is 2.38. The Hall–Kier alpha value is -2.31. The van der Waals surface area contributed by atoms with Gasteiger partial charge in [-0.2, -0.15) is 0 Å². The van der Waals surface area contributed by atoms with E-state index in [1.54, 1.807) is 12.4 Å². The van der Waals surface area contributed by atoms with E-state index in [2.05, 4.69) is 26.5 Å². The summed E-state index contributed by atoms with van der Waals surface area (Å²) in [5.74, 6) is 0. The smallest absolute Gasteiger partial charge is 0.140 e. The molecule has 146 valence electrons. The topological polar surface area (TPSA) is 54.2 Å². The molecule has 0 aromatic carbocycles. The molecule has 5 rings (SSSR count). The Kier molecular flexibility index (Phi) is 4.21. The molecule has 1 aliphatic heterocycles. The fourth-order valence-electron chi connectivity index (χ4n) is 4.89. The quantitative estimate of drug-likeness (QED) is 0.759. The predicted octanol–water partition coefficient (Wildman–Crippen LogP) is 2.77. The third-order valence-electron chi connectivity index (χ3n) is 6.44. The number of nitrogens with zero attached hydrogens (tertiary/aromatic N) is 4. The molecule has 4 heterocycles. The molecule has 0 spiro atoms. The first-order valence-electron chi connectivity index (χ1n) is 9.98. The van der Waals surface area contributed by atoms with Crippen molar-refractivity contribution in [3.05, 3.63) is 58.7 Å². The number of aryl methyl sites for hydroxylation is 1. The lowest BCUT2D eigenvalue weighted by atomic mass is 9.96. The molecule has 0 saturated heterocycles. The van der Waals surface area contributed by atoms with Gasteiger partial charge in [-0.15, -0.1) is 0 Å². The van der Waals surface area contributed by atoms with Gasteiger partial charge in [-0.3, -0.25) is 4.98 Å². The number of fused-ring (bicyclic) bond motifs is 4. The van der Waals surface area contributed by atoms with Crippen molar-refractivity contribution in [2.75, 3.05) is 20.1 Å². The first kappa shape index (κ1) is 17.8. The monoisotopic (exact) mass is 380 g/mol. The molecule has 0 saturated carbocycles. The largest absolute Gasteiger partial charge is 0.383 e. The zero-order valence-corrected chi connectivity index (χ0v) is 16.2. The van der Waals surface area contributed by atoms with E-state index in [-0.39, 0.29) is 0 Å². The van der Waals surface area contributed by atoms with Crippen LogP contribution in [0.2, 0.25) is 0 Å². The average molecular weight is 380 g/mol. The van der Waals surface area contributed by atoms with E-state index in [1.165, 1.54) is 11.3 Å². The summed E-state index contributed by atoms with van der Waals surface area (Å²) >= 11 is 0. The van der Waals surface area contributed by atoms with Gasteiger partial charge in [-0.05, 0) is 55.1 Å². The van der Waals surface area contributed by atoms with E-state index >= 15 is 0 Å². The molecular weight excluding hydrogens is 355 g/mol. The van der Waals surface area contributed by atoms with Gasteiger partial charge in [0.05, 0.1) is 6.54 Å². The number of alkyl halides is 1. The molecule has 1 unspecified atom stereocenters. The summed E-state index contributed by atoms with van der Waals surface area (Å²) in [5.41, 5.74) is 5.15. The molecule has 3 aromatic heterocycles. The summed E-state index contributed by atoms with van der Waals surface area (Å²) in [6, 6.07) is 3.88. The maximum Gasteiger partial charge on any atom is 0.140 e. The summed E-state index contributed by atoms with van der Waals surface area (Å²) in [6.07, 6.45) is 8.60. The van der Waals surface area contributed by atoms with Crippen molar-refractivity contribution in [2.24, 2.45) is 0 Å². The van der Waals surface area contributed by atoms with Crippen LogP contribution in [0.1, 0.15) is 34.4 Å². The Labute approximate surface area is 163 Å². The number of aliphatic hydroxyl groups is 1. The number of rotatable bonds is 3. The zero-order valence-electron chi connectivity index (χ0n) is 16.2. The van der Waals surface area contributed by atoms with E-state index in [0.29, 0.717) is 18.5 Å². The number of hydrogen-bond donors (Lipinski definition) is 1. The van der Waals surface area contributed by atoms with Crippen molar-refractivity contribution in [1.82, 2.24) is 19.4 Å². The third-order valence-corrected chi connectivity index (χ3v) is 6.44. The zero-order chi connectivity index (χ0) is 19.3. The fourth-order valence-corrected chi connectivity index (χ4v) is 4.89. The summed E-state index contributed by atoms with van der Waals surface area (Å²) in [6.45, 7) is 1.91. The molecule has 2 aliphatic rings. The van der Waals surface area contributed by atoms with Crippen molar-refractivity contribution < 1.29 is 9.50 Å². The molecule has 1 N–H and O–H groups in total. The van der Waals surface area contributed by atoms with Gasteiger partial charge >= 0.3 is 0 Å². The van der Waals surface area contributed by atoms with Crippen LogP contribution in [0.3, 0.4) is 0 Å². The van der Waals surface area contributed by atoms with Gasteiger partial charge in [-0.1, -0.05) is 0 Å². The Morgan fingerprint density at radius 2 is 2.07 bits per heavy atom. The van der Waals surface area contributed by atoms with Crippen LogP contribution in [0, 0.1) is 0 Å². The highest BCUT2D eigenvalue weighted by atomic mass is 19.1. The summed E-state index contributed by atoms with van der Waals surface area (Å²) in [5, 5.41) is 12.6. The lowest BCUT2D eigenvalue weighted by Crippen LogP contribution is -2.30. The minimum atomic E-state index is -0.920. The molecule has 0 fully saturated rings. The van der Waals surface area contributed by atoms with Gasteiger partial charge in [0.2, 0.25) is 0 Å². The van der Waals surface area contributed by atoms with Crippen molar-refractivity contribution in [3.63, 3.8) is 0 Å². The summed E-state index contributed by atoms with van der Waals surface area (Å²) < 4.78 is 15.5. The second kappa shape index (κ2) is 6.64. The molecule has 0 radical (unpaired) electrons. The maximum atomic E-state index is 13.3. The van der Waals surface area contributed by atoms with Crippen LogP contribution in [0.25, 0.3) is 11.0 Å². The highest BCUT2D eigenvalue weighted by Crippen LogP contribution is 2.40. The number of likely N-dealkylation sites (N-methyl/N-ethyl adjacent to an activating group) is 1. The van der Waals surface area contributed by atoms with Gasteiger partial charge in [0.15, 0.2) is 0 Å². The van der Waals surface area contributed by atoms with Crippen molar-refractivity contribution in [3.8, 4) is 0 Å². The average Bonchev–Trinajstić information content (AvgIpc) is 3.11. The van der Waals surface area contributed by atoms with Crippen molar-refractivity contribution in [1.29, 1.82) is 0 Å². The fraction of sp³-hybridized carbons (Fsp3) is 0.455. The van der Waals surface area contributed by atoms with Gasteiger partial charge in [0, 0.05) is 54.7 Å². The normalized spacial score (nSPS) is 22.2. The van der Waals surface area contributed by atoms with Gasteiger partial charge in [0.25, 0.3) is 0 Å². The lowest BCUT2D eigenvalue weighted by molar-refractivity contribution is 0.0207. The minimum Gasteiger partial charge on any atom is -0.383 e.